The smallest absolute Gasteiger partial charge is 0.309 e. The lowest BCUT2D eigenvalue weighted by Gasteiger charge is -2.16. The van der Waals surface area contributed by atoms with Gasteiger partial charge in [0.1, 0.15) is 5.92 Å². The van der Waals surface area contributed by atoms with Crippen LogP contribution in [0.15, 0.2) is 27.8 Å². The summed E-state index contributed by atoms with van der Waals surface area (Å²) >= 11 is 0. The van der Waals surface area contributed by atoms with Crippen molar-refractivity contribution in [3.05, 3.63) is 67.0 Å². The first-order valence-electron chi connectivity index (χ1n) is 7.17. The van der Waals surface area contributed by atoms with Crippen molar-refractivity contribution in [1.29, 1.82) is 5.26 Å². The molecule has 5 heteroatoms. The highest BCUT2D eigenvalue weighted by molar-refractivity contribution is 5.42. The van der Waals surface area contributed by atoms with Gasteiger partial charge in [0.2, 0.25) is 0 Å². The van der Waals surface area contributed by atoms with Crippen molar-refractivity contribution in [3.8, 4) is 6.07 Å². The second-order valence-electron chi connectivity index (χ2n) is 5.87. The van der Waals surface area contributed by atoms with Crippen LogP contribution < -0.4 is 11.2 Å². The minimum absolute atomic E-state index is 0.0997. The van der Waals surface area contributed by atoms with E-state index in [-0.39, 0.29) is 5.92 Å². The number of rotatable bonds is 3. The van der Waals surface area contributed by atoms with Crippen molar-refractivity contribution < 1.29 is 0 Å². The van der Waals surface area contributed by atoms with Crippen LogP contribution in [-0.2, 0) is 0 Å². The Balaban J connectivity index is 2.74. The third-order valence-electron chi connectivity index (χ3n) is 3.58. The zero-order valence-corrected chi connectivity index (χ0v) is 13.2. The zero-order valence-electron chi connectivity index (χ0n) is 13.2. The van der Waals surface area contributed by atoms with Crippen LogP contribution in [0.1, 0.15) is 53.6 Å². The number of aromatic amines is 2. The van der Waals surface area contributed by atoms with Gasteiger partial charge in [-0.25, -0.2) is 4.79 Å². The maximum atomic E-state index is 12.1. The van der Waals surface area contributed by atoms with Crippen molar-refractivity contribution in [1.82, 2.24) is 9.97 Å². The molecule has 1 heterocycles. The quantitative estimate of drug-likeness (QED) is 0.912. The Bertz CT molecular complexity index is 833. The van der Waals surface area contributed by atoms with Gasteiger partial charge in [-0.1, -0.05) is 43.2 Å². The van der Waals surface area contributed by atoms with Gasteiger partial charge in [0, 0.05) is 5.56 Å². The summed E-state index contributed by atoms with van der Waals surface area (Å²) in [4.78, 5) is 28.6. The van der Waals surface area contributed by atoms with Crippen LogP contribution in [0.5, 0.6) is 0 Å². The van der Waals surface area contributed by atoms with E-state index >= 15 is 0 Å². The first kappa shape index (κ1) is 15.8. The van der Waals surface area contributed by atoms with E-state index in [0.29, 0.717) is 11.3 Å². The topological polar surface area (TPSA) is 89.5 Å². The third kappa shape index (κ3) is 3.01. The lowest BCUT2D eigenvalue weighted by atomic mass is 9.89. The van der Waals surface area contributed by atoms with Gasteiger partial charge in [0.25, 0.3) is 5.56 Å². The first-order chi connectivity index (χ1) is 10.3. The molecule has 0 aliphatic carbocycles. The molecule has 2 aromatic rings. The first-order valence-corrected chi connectivity index (χ1v) is 7.17. The van der Waals surface area contributed by atoms with E-state index in [1.54, 1.807) is 0 Å². The van der Waals surface area contributed by atoms with Crippen molar-refractivity contribution in [2.45, 2.75) is 39.5 Å². The molecule has 0 saturated heterocycles. The van der Waals surface area contributed by atoms with Crippen LogP contribution in [0.3, 0.4) is 0 Å². The maximum Gasteiger partial charge on any atom is 0.325 e. The van der Waals surface area contributed by atoms with Crippen LogP contribution in [0.2, 0.25) is 0 Å². The molecule has 114 valence electrons. The molecule has 1 aromatic heterocycles. The molecule has 0 saturated carbocycles. The number of nitriles is 1. The van der Waals surface area contributed by atoms with Crippen molar-refractivity contribution >= 4 is 0 Å². The predicted octanol–water partition coefficient (Wildman–Crippen LogP) is 2.46. The molecule has 0 spiro atoms. The lowest BCUT2D eigenvalue weighted by Crippen LogP contribution is -2.30. The second kappa shape index (κ2) is 6.02. The monoisotopic (exact) mass is 297 g/mol. The fraction of sp³-hybridized carbons (Fsp3) is 0.353. The van der Waals surface area contributed by atoms with Crippen molar-refractivity contribution in [3.63, 3.8) is 0 Å². The molecule has 1 aromatic carbocycles. The average molecular weight is 297 g/mol. The van der Waals surface area contributed by atoms with E-state index in [4.69, 9.17) is 0 Å². The molecule has 0 fully saturated rings. The summed E-state index contributed by atoms with van der Waals surface area (Å²) in [6, 6.07) is 8.05. The van der Waals surface area contributed by atoms with Gasteiger partial charge in [-0.05, 0) is 25.3 Å². The summed E-state index contributed by atoms with van der Waals surface area (Å²) in [5.74, 6) is -0.775. The number of benzene rings is 1. The normalized spacial score (nSPS) is 12.2. The number of aryl methyl sites for hydroxylation is 2. The fourth-order valence-electron chi connectivity index (χ4n) is 2.80. The lowest BCUT2D eigenvalue weighted by molar-refractivity contribution is 0.770. The summed E-state index contributed by atoms with van der Waals surface area (Å²) in [5, 5.41) is 9.62. The van der Waals surface area contributed by atoms with Gasteiger partial charge in [-0.15, -0.1) is 0 Å². The Kier molecular flexibility index (Phi) is 4.32. The summed E-state index contributed by atoms with van der Waals surface area (Å²) in [7, 11) is 0. The molecular formula is C17H19N3O2. The standard InChI is InChI=1S/C17H19N3O2/c1-9(2)14-15(19-17(22)20-16(14)21)13(8-18)12-6-10(3)5-11(4)7-12/h5-7,9,13H,1-4H3,(H2,19,20,21,22). The summed E-state index contributed by atoms with van der Waals surface area (Å²) in [6.45, 7) is 7.63. The highest BCUT2D eigenvalue weighted by Crippen LogP contribution is 2.27. The predicted molar refractivity (Wildman–Crippen MR) is 85.1 cm³/mol. The van der Waals surface area contributed by atoms with Crippen LogP contribution in [0.25, 0.3) is 0 Å². The highest BCUT2D eigenvalue weighted by atomic mass is 16.2. The van der Waals surface area contributed by atoms with Crippen LogP contribution in [0, 0.1) is 25.2 Å². The average Bonchev–Trinajstić information content (AvgIpc) is 2.36. The Hall–Kier alpha value is -2.61. The molecule has 2 N–H and O–H groups in total. The van der Waals surface area contributed by atoms with Crippen LogP contribution >= 0.6 is 0 Å². The molecular weight excluding hydrogens is 278 g/mol. The van der Waals surface area contributed by atoms with E-state index in [1.165, 1.54) is 0 Å². The molecule has 5 nitrogen and oxygen atoms in total. The van der Waals surface area contributed by atoms with Gasteiger partial charge in [0.05, 0.1) is 11.8 Å². The van der Waals surface area contributed by atoms with Gasteiger partial charge in [-0.2, -0.15) is 5.26 Å². The highest BCUT2D eigenvalue weighted by Gasteiger charge is 2.23. The number of nitrogens with one attached hydrogen (secondary N) is 2. The fourth-order valence-corrected chi connectivity index (χ4v) is 2.80. The SMILES string of the molecule is Cc1cc(C)cc(C(C#N)c2[nH]c(=O)[nH]c(=O)c2C(C)C)c1. The summed E-state index contributed by atoms with van der Waals surface area (Å²) in [5.41, 5.74) is 2.67. The van der Waals surface area contributed by atoms with Gasteiger partial charge in [0.15, 0.2) is 0 Å². The van der Waals surface area contributed by atoms with Crippen molar-refractivity contribution in [2.24, 2.45) is 0 Å². The molecule has 1 unspecified atom stereocenters. The summed E-state index contributed by atoms with van der Waals surface area (Å²) in [6.07, 6.45) is 0. The van der Waals surface area contributed by atoms with E-state index in [0.717, 1.165) is 16.7 Å². The number of nitrogens with zero attached hydrogens (tertiary/aromatic N) is 1. The minimum atomic E-state index is -0.675. The number of aromatic nitrogens is 2. The molecule has 2 rings (SSSR count). The Morgan fingerprint density at radius 3 is 2.14 bits per heavy atom. The van der Waals surface area contributed by atoms with Crippen LogP contribution in [-0.4, -0.2) is 9.97 Å². The van der Waals surface area contributed by atoms with Gasteiger partial charge >= 0.3 is 5.69 Å². The van der Waals surface area contributed by atoms with Crippen LogP contribution in [0.4, 0.5) is 0 Å². The molecule has 0 aliphatic rings. The van der Waals surface area contributed by atoms with E-state index < -0.39 is 17.2 Å². The largest absolute Gasteiger partial charge is 0.325 e. The van der Waals surface area contributed by atoms with Crippen molar-refractivity contribution in [2.75, 3.05) is 0 Å². The Labute approximate surface area is 128 Å². The number of hydrogen-bond acceptors (Lipinski definition) is 3. The van der Waals surface area contributed by atoms with E-state index in [1.807, 2.05) is 45.9 Å². The van der Waals surface area contributed by atoms with Gasteiger partial charge < -0.3 is 4.98 Å². The third-order valence-corrected chi connectivity index (χ3v) is 3.58. The van der Waals surface area contributed by atoms with Gasteiger partial charge in [-0.3, -0.25) is 9.78 Å². The van der Waals surface area contributed by atoms with E-state index in [2.05, 4.69) is 16.0 Å². The molecule has 0 amide bonds. The number of H-pyrrole nitrogens is 2. The molecule has 1 atom stereocenters. The Morgan fingerprint density at radius 2 is 1.64 bits per heavy atom. The van der Waals surface area contributed by atoms with E-state index in [9.17, 15) is 14.9 Å². The maximum absolute atomic E-state index is 12.1. The molecule has 0 radical (unpaired) electrons. The molecule has 22 heavy (non-hydrogen) atoms. The second-order valence-corrected chi connectivity index (χ2v) is 5.87. The molecule has 0 aliphatic heterocycles. The minimum Gasteiger partial charge on any atom is -0.309 e. The Morgan fingerprint density at radius 1 is 1.05 bits per heavy atom. The summed E-state index contributed by atoms with van der Waals surface area (Å²) < 4.78 is 0. The molecule has 0 bridgehead atoms. The number of hydrogen-bond donors (Lipinski definition) is 2. The zero-order chi connectivity index (χ0) is 16.4.